The Morgan fingerprint density at radius 3 is 2.70 bits per heavy atom. The average molecular weight is 291 g/mol. The Labute approximate surface area is 121 Å². The lowest BCUT2D eigenvalue weighted by atomic mass is 9.99. The maximum Gasteiger partial charge on any atom is 0.326 e. The number of fused-ring (bicyclic) bond motifs is 1. The molecular formula is C15H17NO3S. The second-order valence-electron chi connectivity index (χ2n) is 4.82. The van der Waals surface area contributed by atoms with Gasteiger partial charge in [0.25, 0.3) is 5.91 Å². The number of hydrogen-bond donors (Lipinski definition) is 2. The van der Waals surface area contributed by atoms with E-state index in [4.69, 9.17) is 0 Å². The Balaban J connectivity index is 2.25. The van der Waals surface area contributed by atoms with Gasteiger partial charge in [0.1, 0.15) is 6.04 Å². The lowest BCUT2D eigenvalue weighted by Crippen LogP contribution is -2.44. The summed E-state index contributed by atoms with van der Waals surface area (Å²) in [7, 11) is 0. The molecule has 106 valence electrons. The molecule has 2 rings (SSSR count). The van der Waals surface area contributed by atoms with Crippen molar-refractivity contribution in [2.24, 2.45) is 5.92 Å². The van der Waals surface area contributed by atoms with Gasteiger partial charge in [0, 0.05) is 15.5 Å². The third kappa shape index (κ3) is 2.82. The molecule has 0 bridgehead atoms. The molecule has 1 aromatic heterocycles. The number of benzene rings is 1. The molecule has 0 unspecified atom stereocenters. The van der Waals surface area contributed by atoms with Crippen molar-refractivity contribution in [1.82, 2.24) is 5.32 Å². The van der Waals surface area contributed by atoms with Gasteiger partial charge in [0.2, 0.25) is 0 Å². The molecule has 0 saturated heterocycles. The van der Waals surface area contributed by atoms with Crippen LogP contribution in [0.25, 0.3) is 10.1 Å². The largest absolute Gasteiger partial charge is 0.480 e. The third-order valence-electron chi connectivity index (χ3n) is 3.49. The van der Waals surface area contributed by atoms with E-state index in [1.165, 1.54) is 11.3 Å². The van der Waals surface area contributed by atoms with Crippen molar-refractivity contribution in [2.45, 2.75) is 26.3 Å². The second kappa shape index (κ2) is 6.05. The van der Waals surface area contributed by atoms with Crippen LogP contribution in [-0.4, -0.2) is 23.0 Å². The van der Waals surface area contributed by atoms with Crippen molar-refractivity contribution in [3.05, 3.63) is 35.2 Å². The molecule has 2 N–H and O–H groups in total. The van der Waals surface area contributed by atoms with Crippen LogP contribution in [0.15, 0.2) is 29.6 Å². The molecule has 1 heterocycles. The van der Waals surface area contributed by atoms with Crippen molar-refractivity contribution in [3.8, 4) is 0 Å². The number of carboxylic acids is 1. The van der Waals surface area contributed by atoms with Crippen LogP contribution < -0.4 is 5.32 Å². The topological polar surface area (TPSA) is 66.4 Å². The third-order valence-corrected chi connectivity index (χ3v) is 4.45. The fourth-order valence-electron chi connectivity index (χ4n) is 2.06. The quantitative estimate of drug-likeness (QED) is 0.889. The van der Waals surface area contributed by atoms with E-state index in [2.05, 4.69) is 5.32 Å². The molecule has 0 aliphatic carbocycles. The van der Waals surface area contributed by atoms with E-state index in [0.29, 0.717) is 12.0 Å². The molecule has 2 aromatic rings. The van der Waals surface area contributed by atoms with Gasteiger partial charge in [-0.2, -0.15) is 0 Å². The predicted molar refractivity (Wildman–Crippen MR) is 80.2 cm³/mol. The first-order chi connectivity index (χ1) is 9.54. The summed E-state index contributed by atoms with van der Waals surface area (Å²) in [6.45, 7) is 3.73. The highest BCUT2D eigenvalue weighted by molar-refractivity contribution is 7.17. The number of nitrogens with one attached hydrogen (secondary N) is 1. The number of hydrogen-bond acceptors (Lipinski definition) is 3. The fourth-order valence-corrected chi connectivity index (χ4v) is 3.00. The van der Waals surface area contributed by atoms with Crippen molar-refractivity contribution in [1.29, 1.82) is 0 Å². The monoisotopic (exact) mass is 291 g/mol. The van der Waals surface area contributed by atoms with E-state index in [1.54, 1.807) is 5.38 Å². The van der Waals surface area contributed by atoms with Crippen LogP contribution in [0.1, 0.15) is 30.6 Å². The Morgan fingerprint density at radius 2 is 2.05 bits per heavy atom. The zero-order valence-electron chi connectivity index (χ0n) is 11.4. The van der Waals surface area contributed by atoms with E-state index >= 15 is 0 Å². The van der Waals surface area contributed by atoms with E-state index in [0.717, 1.165) is 10.1 Å². The lowest BCUT2D eigenvalue weighted by Gasteiger charge is -2.19. The fraction of sp³-hybridized carbons (Fsp3) is 0.333. The highest BCUT2D eigenvalue weighted by Gasteiger charge is 2.26. The zero-order valence-corrected chi connectivity index (χ0v) is 12.2. The molecule has 2 atom stereocenters. The van der Waals surface area contributed by atoms with Crippen LogP contribution in [0.4, 0.5) is 0 Å². The van der Waals surface area contributed by atoms with E-state index < -0.39 is 12.0 Å². The number of amides is 1. The minimum atomic E-state index is -0.993. The molecule has 0 aliphatic rings. The molecule has 4 nitrogen and oxygen atoms in total. The number of carbonyl (C=O) groups excluding carboxylic acids is 1. The van der Waals surface area contributed by atoms with Gasteiger partial charge in [0.15, 0.2) is 0 Å². The van der Waals surface area contributed by atoms with Crippen LogP contribution in [0.2, 0.25) is 0 Å². The number of thiophene rings is 1. The first-order valence-corrected chi connectivity index (χ1v) is 7.42. The molecule has 1 amide bonds. The number of carboxylic acid groups (broad SMARTS) is 1. The highest BCUT2D eigenvalue weighted by Crippen LogP contribution is 2.25. The molecule has 0 fully saturated rings. The molecule has 0 saturated carbocycles. The minimum Gasteiger partial charge on any atom is -0.480 e. The van der Waals surface area contributed by atoms with Gasteiger partial charge in [-0.3, -0.25) is 4.79 Å². The predicted octanol–water partition coefficient (Wildman–Crippen LogP) is 3.13. The zero-order chi connectivity index (χ0) is 14.7. The highest BCUT2D eigenvalue weighted by atomic mass is 32.1. The molecular weight excluding hydrogens is 274 g/mol. The molecule has 0 radical (unpaired) electrons. The van der Waals surface area contributed by atoms with Gasteiger partial charge in [-0.15, -0.1) is 11.3 Å². The van der Waals surface area contributed by atoms with Crippen LogP contribution in [-0.2, 0) is 4.79 Å². The van der Waals surface area contributed by atoms with E-state index in [1.807, 2.05) is 38.1 Å². The van der Waals surface area contributed by atoms with Crippen molar-refractivity contribution in [3.63, 3.8) is 0 Å². The van der Waals surface area contributed by atoms with Crippen molar-refractivity contribution >= 4 is 33.3 Å². The van der Waals surface area contributed by atoms with Gasteiger partial charge in [-0.05, 0) is 12.0 Å². The molecule has 20 heavy (non-hydrogen) atoms. The summed E-state index contributed by atoms with van der Waals surface area (Å²) in [5.74, 6) is -1.43. The Bertz CT molecular complexity index is 635. The van der Waals surface area contributed by atoms with E-state index in [9.17, 15) is 14.7 Å². The summed E-state index contributed by atoms with van der Waals surface area (Å²) in [6, 6.07) is 6.75. The maximum atomic E-state index is 12.3. The lowest BCUT2D eigenvalue weighted by molar-refractivity contribution is -0.140. The summed E-state index contributed by atoms with van der Waals surface area (Å²) >= 11 is 1.48. The van der Waals surface area contributed by atoms with Crippen LogP contribution >= 0.6 is 11.3 Å². The van der Waals surface area contributed by atoms with Gasteiger partial charge < -0.3 is 10.4 Å². The normalized spacial score (nSPS) is 13.9. The molecule has 0 aliphatic heterocycles. The molecule has 1 aromatic carbocycles. The standard InChI is InChI=1S/C15H17NO3S/c1-3-9(2)13(15(18)19)16-14(17)11-8-20-12-7-5-4-6-10(11)12/h4-9,13H,3H2,1-2H3,(H,16,17)(H,18,19)/t9-,13-/m0/s1. The van der Waals surface area contributed by atoms with Crippen LogP contribution in [0, 0.1) is 5.92 Å². The maximum absolute atomic E-state index is 12.3. The van der Waals surface area contributed by atoms with Crippen molar-refractivity contribution in [2.75, 3.05) is 0 Å². The number of carbonyl (C=O) groups is 2. The summed E-state index contributed by atoms with van der Waals surface area (Å²) in [5, 5.41) is 14.5. The Morgan fingerprint density at radius 1 is 1.35 bits per heavy atom. The first kappa shape index (κ1) is 14.5. The Hall–Kier alpha value is -1.88. The average Bonchev–Trinajstić information content (AvgIpc) is 2.87. The van der Waals surface area contributed by atoms with Crippen LogP contribution in [0.5, 0.6) is 0 Å². The SMILES string of the molecule is CC[C@H](C)[C@H](NC(=O)c1csc2ccccc12)C(=O)O. The van der Waals surface area contributed by atoms with Crippen molar-refractivity contribution < 1.29 is 14.7 Å². The Kier molecular flexibility index (Phi) is 4.39. The minimum absolute atomic E-state index is 0.110. The van der Waals surface area contributed by atoms with E-state index in [-0.39, 0.29) is 11.8 Å². The number of rotatable bonds is 5. The van der Waals surface area contributed by atoms with Gasteiger partial charge in [-0.25, -0.2) is 4.79 Å². The molecule has 5 heteroatoms. The summed E-state index contributed by atoms with van der Waals surface area (Å²) in [6.07, 6.45) is 0.696. The number of aliphatic carboxylic acids is 1. The van der Waals surface area contributed by atoms with Gasteiger partial charge >= 0.3 is 5.97 Å². The first-order valence-electron chi connectivity index (χ1n) is 6.54. The molecule has 0 spiro atoms. The summed E-state index contributed by atoms with van der Waals surface area (Å²) in [4.78, 5) is 23.5. The summed E-state index contributed by atoms with van der Waals surface area (Å²) in [5.41, 5.74) is 0.542. The van der Waals surface area contributed by atoms with Gasteiger partial charge in [0.05, 0.1) is 5.56 Å². The summed E-state index contributed by atoms with van der Waals surface area (Å²) < 4.78 is 1.02. The second-order valence-corrected chi connectivity index (χ2v) is 5.73. The van der Waals surface area contributed by atoms with Gasteiger partial charge in [-0.1, -0.05) is 38.5 Å². The smallest absolute Gasteiger partial charge is 0.326 e. The van der Waals surface area contributed by atoms with Crippen LogP contribution in [0.3, 0.4) is 0 Å².